The third-order valence-corrected chi connectivity index (χ3v) is 6.08. The van der Waals surface area contributed by atoms with E-state index >= 15 is 0 Å². The maximum atomic E-state index is 13.4. The van der Waals surface area contributed by atoms with Crippen molar-refractivity contribution in [2.75, 3.05) is 12.0 Å². The second-order valence-corrected chi connectivity index (χ2v) is 10.2. The number of fused-ring (bicyclic) bond motifs is 1. The number of hydrogen-bond donors (Lipinski definition) is 2. The Hall–Kier alpha value is -2.94. The molecule has 34 heavy (non-hydrogen) atoms. The van der Waals surface area contributed by atoms with Crippen molar-refractivity contribution in [2.24, 2.45) is 0 Å². The third kappa shape index (κ3) is 7.03. The summed E-state index contributed by atoms with van der Waals surface area (Å²) < 4.78 is 10.9. The minimum atomic E-state index is -0.778. The van der Waals surface area contributed by atoms with Crippen molar-refractivity contribution in [1.29, 1.82) is 0 Å². The lowest BCUT2D eigenvalue weighted by Crippen LogP contribution is -2.57. The Morgan fingerprint density at radius 1 is 1.18 bits per heavy atom. The summed E-state index contributed by atoms with van der Waals surface area (Å²) >= 11 is 1.59. The molecule has 3 rings (SSSR count). The van der Waals surface area contributed by atoms with Gasteiger partial charge in [0.05, 0.1) is 19.4 Å². The first-order valence-corrected chi connectivity index (χ1v) is 12.7. The monoisotopic (exact) mass is 487 g/mol. The Morgan fingerprint density at radius 3 is 2.56 bits per heavy atom. The van der Waals surface area contributed by atoms with E-state index in [2.05, 4.69) is 10.6 Å². The highest BCUT2D eigenvalue weighted by Crippen LogP contribution is 2.25. The van der Waals surface area contributed by atoms with Gasteiger partial charge in [0.25, 0.3) is 0 Å². The predicted octanol–water partition coefficient (Wildman–Crippen LogP) is 3.50. The van der Waals surface area contributed by atoms with Crippen molar-refractivity contribution in [1.82, 2.24) is 15.5 Å². The number of benzene rings is 1. The zero-order valence-corrected chi connectivity index (χ0v) is 20.9. The Bertz CT molecular complexity index is 987. The van der Waals surface area contributed by atoms with Gasteiger partial charge < -0.3 is 19.8 Å². The minimum absolute atomic E-state index is 0.234. The van der Waals surface area contributed by atoms with Crippen molar-refractivity contribution in [2.45, 2.75) is 64.4 Å². The number of carbonyl (C=O) groups is 3. The fourth-order valence-corrected chi connectivity index (χ4v) is 4.22. The van der Waals surface area contributed by atoms with Crippen LogP contribution in [0.2, 0.25) is 0 Å². The molecule has 0 aliphatic carbocycles. The molecule has 0 saturated carbocycles. The number of nitrogens with one attached hydrogen (secondary N) is 2. The van der Waals surface area contributed by atoms with Crippen molar-refractivity contribution < 1.29 is 23.5 Å². The SMILES string of the molecule is CSCCC(NC(=O)C1Cc2ccccc2CN1C(=O)OC(C)(C)C)C(=O)NCc1ccco1. The van der Waals surface area contributed by atoms with Crippen molar-refractivity contribution in [3.8, 4) is 0 Å². The summed E-state index contributed by atoms with van der Waals surface area (Å²) in [7, 11) is 0. The first kappa shape index (κ1) is 25.7. The summed E-state index contributed by atoms with van der Waals surface area (Å²) in [5, 5.41) is 5.71. The molecule has 0 spiro atoms. The number of hydrogen-bond acceptors (Lipinski definition) is 6. The number of carbonyl (C=O) groups excluding carboxylic acids is 3. The standard InChI is InChI=1S/C25H33N3O5S/c1-25(2,3)33-24(31)28-16-18-9-6-5-8-17(18)14-21(28)23(30)27-20(11-13-34-4)22(29)26-15-19-10-7-12-32-19/h5-10,12,20-21H,11,13-16H2,1-4H3,(H,26,29)(H,27,30). The van der Waals surface area contributed by atoms with Gasteiger partial charge in [0.2, 0.25) is 11.8 Å². The van der Waals surface area contributed by atoms with Crippen LogP contribution in [-0.2, 0) is 33.8 Å². The van der Waals surface area contributed by atoms with E-state index in [1.807, 2.05) is 30.5 Å². The van der Waals surface area contributed by atoms with E-state index in [-0.39, 0.29) is 24.9 Å². The van der Waals surface area contributed by atoms with Gasteiger partial charge in [-0.25, -0.2) is 4.79 Å². The molecule has 0 bridgehead atoms. The summed E-state index contributed by atoms with van der Waals surface area (Å²) in [5.41, 5.74) is 1.29. The smallest absolute Gasteiger partial charge is 0.411 e. The van der Waals surface area contributed by atoms with Gasteiger partial charge in [-0.2, -0.15) is 11.8 Å². The molecule has 1 aliphatic heterocycles. The molecule has 0 fully saturated rings. The molecule has 0 radical (unpaired) electrons. The molecule has 184 valence electrons. The van der Waals surface area contributed by atoms with E-state index < -0.39 is 23.8 Å². The summed E-state index contributed by atoms with van der Waals surface area (Å²) in [6.07, 6.45) is 3.75. The van der Waals surface area contributed by atoms with Crippen LogP contribution in [0.5, 0.6) is 0 Å². The molecule has 2 N–H and O–H groups in total. The second-order valence-electron chi connectivity index (χ2n) is 9.24. The van der Waals surface area contributed by atoms with E-state index in [0.717, 1.165) is 11.1 Å². The Labute approximate surface area is 204 Å². The molecule has 2 aromatic rings. The van der Waals surface area contributed by atoms with Gasteiger partial charge in [-0.3, -0.25) is 14.5 Å². The van der Waals surface area contributed by atoms with Crippen LogP contribution in [0.15, 0.2) is 47.1 Å². The van der Waals surface area contributed by atoms with Gasteiger partial charge in [0.15, 0.2) is 0 Å². The molecule has 0 saturated heterocycles. The quantitative estimate of drug-likeness (QED) is 0.591. The van der Waals surface area contributed by atoms with Gasteiger partial charge in [-0.15, -0.1) is 0 Å². The molecule has 3 amide bonds. The fraction of sp³-hybridized carbons (Fsp3) is 0.480. The number of thioether (sulfide) groups is 1. The minimum Gasteiger partial charge on any atom is -0.467 e. The number of rotatable bonds is 8. The van der Waals surface area contributed by atoms with Crippen molar-refractivity contribution in [3.05, 3.63) is 59.5 Å². The maximum Gasteiger partial charge on any atom is 0.411 e. The Kier molecular flexibility index (Phi) is 8.66. The van der Waals surface area contributed by atoms with Crippen LogP contribution >= 0.6 is 11.8 Å². The van der Waals surface area contributed by atoms with Crippen LogP contribution in [0.4, 0.5) is 4.79 Å². The molecular weight excluding hydrogens is 454 g/mol. The van der Waals surface area contributed by atoms with Gasteiger partial charge in [0.1, 0.15) is 23.4 Å². The zero-order valence-electron chi connectivity index (χ0n) is 20.1. The molecule has 9 heteroatoms. The lowest BCUT2D eigenvalue weighted by Gasteiger charge is -2.37. The van der Waals surface area contributed by atoms with Crippen molar-refractivity contribution >= 4 is 29.7 Å². The van der Waals surface area contributed by atoms with E-state index in [4.69, 9.17) is 9.15 Å². The molecule has 1 aliphatic rings. The van der Waals surface area contributed by atoms with Crippen LogP contribution in [0.1, 0.15) is 44.1 Å². The maximum absolute atomic E-state index is 13.4. The fourth-order valence-electron chi connectivity index (χ4n) is 3.75. The van der Waals surface area contributed by atoms with Crippen LogP contribution < -0.4 is 10.6 Å². The number of furan rings is 1. The molecule has 8 nitrogen and oxygen atoms in total. The Morgan fingerprint density at radius 2 is 1.91 bits per heavy atom. The number of amides is 3. The van der Waals surface area contributed by atoms with Gasteiger partial charge >= 0.3 is 6.09 Å². The third-order valence-electron chi connectivity index (χ3n) is 5.44. The van der Waals surface area contributed by atoms with E-state index in [1.54, 1.807) is 50.9 Å². The number of ether oxygens (including phenoxy) is 1. The van der Waals surface area contributed by atoms with Crippen molar-refractivity contribution in [3.63, 3.8) is 0 Å². The highest BCUT2D eigenvalue weighted by atomic mass is 32.2. The van der Waals surface area contributed by atoms with Crippen LogP contribution in [0.25, 0.3) is 0 Å². The lowest BCUT2D eigenvalue weighted by molar-refractivity contribution is -0.132. The molecular formula is C25H33N3O5S. The van der Waals surface area contributed by atoms with Crippen LogP contribution in [0, 0.1) is 0 Å². The molecule has 2 heterocycles. The summed E-state index contributed by atoms with van der Waals surface area (Å²) in [4.78, 5) is 40.8. The predicted molar refractivity (Wildman–Crippen MR) is 131 cm³/mol. The zero-order chi connectivity index (χ0) is 24.7. The normalized spacial score (nSPS) is 16.4. The highest BCUT2D eigenvalue weighted by molar-refractivity contribution is 7.98. The van der Waals surface area contributed by atoms with Gasteiger partial charge in [-0.1, -0.05) is 24.3 Å². The first-order chi connectivity index (χ1) is 16.2. The topological polar surface area (TPSA) is 101 Å². The largest absolute Gasteiger partial charge is 0.467 e. The van der Waals surface area contributed by atoms with E-state index in [0.29, 0.717) is 24.4 Å². The van der Waals surface area contributed by atoms with E-state index in [9.17, 15) is 14.4 Å². The summed E-state index contributed by atoms with van der Waals surface area (Å²) in [5.74, 6) is 0.657. The summed E-state index contributed by atoms with van der Waals surface area (Å²) in [6.45, 7) is 5.88. The van der Waals surface area contributed by atoms with Crippen LogP contribution in [0.3, 0.4) is 0 Å². The van der Waals surface area contributed by atoms with E-state index in [1.165, 1.54) is 4.90 Å². The second kappa shape index (κ2) is 11.5. The lowest BCUT2D eigenvalue weighted by atomic mass is 9.93. The van der Waals surface area contributed by atoms with Gasteiger partial charge in [-0.05, 0) is 62.5 Å². The molecule has 1 aromatic heterocycles. The molecule has 1 aromatic carbocycles. The Balaban J connectivity index is 1.76. The molecule has 2 atom stereocenters. The van der Waals surface area contributed by atoms with Crippen LogP contribution in [-0.4, -0.2) is 52.5 Å². The first-order valence-electron chi connectivity index (χ1n) is 11.3. The number of nitrogens with zero attached hydrogens (tertiary/aromatic N) is 1. The molecule has 2 unspecified atom stereocenters. The summed E-state index contributed by atoms with van der Waals surface area (Å²) in [6, 6.07) is 9.75. The van der Waals surface area contributed by atoms with Gasteiger partial charge in [0, 0.05) is 6.42 Å². The average Bonchev–Trinajstić information content (AvgIpc) is 3.31. The average molecular weight is 488 g/mol. The highest BCUT2D eigenvalue weighted by Gasteiger charge is 2.38.